The predicted octanol–water partition coefficient (Wildman–Crippen LogP) is 5.97. The van der Waals surface area contributed by atoms with E-state index in [0.29, 0.717) is 29.5 Å². The van der Waals surface area contributed by atoms with Gasteiger partial charge in [0.25, 0.3) is 17.7 Å². The Balaban J connectivity index is 1.25. The fourth-order valence-corrected chi connectivity index (χ4v) is 8.84. The van der Waals surface area contributed by atoms with E-state index in [2.05, 4.69) is 26.7 Å². The van der Waals surface area contributed by atoms with Crippen LogP contribution in [0.4, 0.5) is 10.5 Å². The first-order valence-electron chi connectivity index (χ1n) is 25.8. The first kappa shape index (κ1) is 63.2. The third kappa shape index (κ3) is 19.9. The third-order valence-corrected chi connectivity index (χ3v) is 13.5. The minimum atomic E-state index is -1.09. The van der Waals surface area contributed by atoms with Gasteiger partial charge in [-0.3, -0.25) is 58.8 Å². The smallest absolute Gasteiger partial charge is 0.410 e. The van der Waals surface area contributed by atoms with Crippen molar-refractivity contribution >= 4 is 71.0 Å². The zero-order chi connectivity index (χ0) is 58.0. The van der Waals surface area contributed by atoms with E-state index in [1.54, 1.807) is 52.1 Å². The number of imide groups is 1. The number of benzene rings is 3. The summed E-state index contributed by atoms with van der Waals surface area (Å²) in [4.78, 5) is 121. The number of nitrogens with one attached hydrogen (secondary N) is 5. The maximum Gasteiger partial charge on any atom is 0.410 e. The largest absolute Gasteiger partial charge is 0.444 e. The third-order valence-electron chi connectivity index (χ3n) is 12.7. The number of amides is 9. The molecule has 0 spiro atoms. The maximum absolute atomic E-state index is 14.4. The highest BCUT2D eigenvalue weighted by atomic mass is 32.2. The Labute approximate surface area is 462 Å². The summed E-state index contributed by atoms with van der Waals surface area (Å²) in [5, 5.41) is 21.6. The number of hydrogen-bond donors (Lipinski definition) is 6. The summed E-state index contributed by atoms with van der Waals surface area (Å²) < 4.78 is 6.22. The van der Waals surface area contributed by atoms with Gasteiger partial charge in [0.15, 0.2) is 0 Å². The standard InChI is InChI=1S/C57H77N9O11S/c1-38(32-34-63(10)53(74)48(55(2,3)4)61-52(73)49(64(11)54(75)77-56(5,6)7)57(8,9)41-23-17-13-18-24-41)50(71)62-66(76)78-37-40-26-28-42(29-27-40)59-45(68)36-58-51(72)43(35-39-21-15-12-16-22-39)60-44(67)25-19-14-20-33-65-46(69)30-31-47(65)70/h12-13,15-18,21-24,26-32,43,48-49,76H,14,19-20,25,33-37H2,1-11H3,(H,58,72)(H,59,68)(H,60,67)(H,61,73)(H,62,71)/b38-32+. The number of rotatable bonds is 26. The summed E-state index contributed by atoms with van der Waals surface area (Å²) in [7, 11) is 3.04. The van der Waals surface area contributed by atoms with Crippen molar-refractivity contribution in [2.75, 3.05) is 39.0 Å². The molecule has 0 bridgehead atoms. The van der Waals surface area contributed by atoms with Gasteiger partial charge in [0.1, 0.15) is 23.7 Å². The molecule has 0 aromatic heterocycles. The molecule has 0 radical (unpaired) electrons. The monoisotopic (exact) mass is 1100 g/mol. The second kappa shape index (κ2) is 28.9. The predicted molar refractivity (Wildman–Crippen MR) is 298 cm³/mol. The van der Waals surface area contributed by atoms with E-state index in [1.165, 1.54) is 42.0 Å². The molecule has 0 fully saturated rings. The number of likely N-dealkylation sites (N-methyl/N-ethyl adjacent to an activating group) is 2. The number of unbranched alkanes of at least 4 members (excludes halogenated alkanes) is 2. The van der Waals surface area contributed by atoms with Crippen LogP contribution < -0.4 is 26.7 Å². The number of nitrogens with zero attached hydrogens (tertiary/aromatic N) is 4. The quantitative estimate of drug-likeness (QED) is 0.0178. The van der Waals surface area contributed by atoms with Gasteiger partial charge in [0, 0.05) is 74.6 Å². The maximum atomic E-state index is 14.4. The van der Waals surface area contributed by atoms with Crippen molar-refractivity contribution in [3.05, 3.63) is 125 Å². The molecule has 78 heavy (non-hydrogen) atoms. The second-order valence-electron chi connectivity index (χ2n) is 21.7. The molecule has 3 aromatic carbocycles. The van der Waals surface area contributed by atoms with Crippen molar-refractivity contribution in [1.29, 1.82) is 0 Å². The Hall–Kier alpha value is -7.36. The van der Waals surface area contributed by atoms with Crippen LogP contribution >= 0.6 is 11.9 Å². The topological polar surface area (TPSA) is 256 Å². The van der Waals surface area contributed by atoms with Crippen molar-refractivity contribution in [3.63, 3.8) is 0 Å². The molecule has 3 atom stereocenters. The van der Waals surface area contributed by atoms with Gasteiger partial charge in [-0.2, -0.15) is 0 Å². The number of hydrazine groups is 1. The van der Waals surface area contributed by atoms with Gasteiger partial charge in [0.2, 0.25) is 29.5 Å². The lowest BCUT2D eigenvalue weighted by Gasteiger charge is -2.42. The van der Waals surface area contributed by atoms with Crippen LogP contribution in [0.3, 0.4) is 0 Å². The lowest BCUT2D eigenvalue weighted by Crippen LogP contribution is -2.62. The Bertz CT molecular complexity index is 2630. The van der Waals surface area contributed by atoms with Gasteiger partial charge in [-0.15, -0.1) is 0 Å². The van der Waals surface area contributed by atoms with Crippen LogP contribution in [0.25, 0.3) is 0 Å². The molecule has 21 heteroatoms. The molecule has 0 saturated carbocycles. The van der Waals surface area contributed by atoms with Crippen molar-refractivity contribution in [2.45, 2.75) is 129 Å². The summed E-state index contributed by atoms with van der Waals surface area (Å²) in [5.74, 6) is -3.54. The van der Waals surface area contributed by atoms with Gasteiger partial charge in [-0.05, 0) is 91.3 Å². The van der Waals surface area contributed by atoms with Gasteiger partial charge in [-0.25, -0.2) is 4.79 Å². The summed E-state index contributed by atoms with van der Waals surface area (Å²) in [6.45, 7) is 15.7. The molecule has 20 nitrogen and oxygen atoms in total. The fourth-order valence-electron chi connectivity index (χ4n) is 8.23. The Morgan fingerprint density at radius 2 is 1.35 bits per heavy atom. The van der Waals surface area contributed by atoms with Crippen LogP contribution in [0.2, 0.25) is 0 Å². The SMILES string of the molecule is C/C(=C\CN(C)C(=O)C(NC(=O)C(N(C)C(=O)OC(C)(C)C)C(C)(C)c1ccccc1)C(C)(C)C)C(=O)NN(O)SCc1ccc(NC(=O)CNC(=O)C(Cc2ccccc2)NC(=O)CCCCCN2C(=O)C=CC2=O)cc1. The minimum absolute atomic E-state index is 0.0184. The Kier molecular flexibility index (Phi) is 23.4. The zero-order valence-electron chi connectivity index (χ0n) is 46.6. The average molecular weight is 1100 g/mol. The fraction of sp³-hybridized carbons (Fsp3) is 0.456. The summed E-state index contributed by atoms with van der Waals surface area (Å²) in [6, 6.07) is 22.0. The van der Waals surface area contributed by atoms with E-state index in [1.807, 2.05) is 95.3 Å². The Morgan fingerprint density at radius 3 is 1.94 bits per heavy atom. The number of carbonyl (C=O) groups is 9. The number of ether oxygens (including phenoxy) is 1. The van der Waals surface area contributed by atoms with E-state index < -0.39 is 70.2 Å². The van der Waals surface area contributed by atoms with Gasteiger partial charge >= 0.3 is 6.09 Å². The first-order valence-corrected chi connectivity index (χ1v) is 26.7. The highest BCUT2D eigenvalue weighted by Gasteiger charge is 2.45. The van der Waals surface area contributed by atoms with Crippen molar-refractivity contribution < 1.29 is 53.1 Å². The summed E-state index contributed by atoms with van der Waals surface area (Å²) >= 11 is 0.876. The average Bonchev–Trinajstić information content (AvgIpc) is 3.70. The lowest BCUT2D eigenvalue weighted by molar-refractivity contribution is -0.140. The molecule has 0 saturated heterocycles. The molecular weight excluding hydrogens is 1020 g/mol. The summed E-state index contributed by atoms with van der Waals surface area (Å²) in [6.07, 6.45) is 5.19. The van der Waals surface area contributed by atoms with E-state index in [9.17, 15) is 48.4 Å². The van der Waals surface area contributed by atoms with Crippen LogP contribution in [-0.2, 0) is 60.7 Å². The van der Waals surface area contributed by atoms with Crippen LogP contribution in [0.15, 0.2) is 109 Å². The number of carbonyl (C=O) groups excluding carboxylic acids is 9. The molecule has 1 aliphatic rings. The second-order valence-corrected chi connectivity index (χ2v) is 22.6. The highest BCUT2D eigenvalue weighted by Crippen LogP contribution is 2.32. The normalized spacial score (nSPS) is 14.0. The molecule has 4 rings (SSSR count). The van der Waals surface area contributed by atoms with Crippen LogP contribution in [-0.4, -0.2) is 135 Å². The molecule has 422 valence electrons. The molecule has 3 unspecified atom stereocenters. The molecule has 0 aliphatic carbocycles. The highest BCUT2D eigenvalue weighted by molar-refractivity contribution is 7.96. The zero-order valence-corrected chi connectivity index (χ0v) is 47.5. The van der Waals surface area contributed by atoms with E-state index >= 15 is 0 Å². The molecular formula is C57H77N9O11S. The molecule has 1 heterocycles. The van der Waals surface area contributed by atoms with Crippen LogP contribution in [0, 0.1) is 5.41 Å². The van der Waals surface area contributed by atoms with Gasteiger partial charge < -0.3 is 30.9 Å². The van der Waals surface area contributed by atoms with E-state index in [4.69, 9.17) is 4.74 Å². The lowest BCUT2D eigenvalue weighted by atomic mass is 9.76. The number of anilines is 1. The van der Waals surface area contributed by atoms with Crippen molar-refractivity contribution in [3.8, 4) is 0 Å². The van der Waals surface area contributed by atoms with Crippen LogP contribution in [0.1, 0.15) is 105 Å². The van der Waals surface area contributed by atoms with Crippen LogP contribution in [0.5, 0.6) is 0 Å². The minimum Gasteiger partial charge on any atom is -0.444 e. The number of hydrogen-bond acceptors (Lipinski definition) is 13. The Morgan fingerprint density at radius 1 is 0.744 bits per heavy atom. The first-order chi connectivity index (χ1) is 36.6. The van der Waals surface area contributed by atoms with Crippen molar-refractivity contribution in [1.82, 2.24) is 40.7 Å². The van der Waals surface area contributed by atoms with Gasteiger partial charge in [-0.1, -0.05) is 120 Å². The molecule has 6 N–H and O–H groups in total. The van der Waals surface area contributed by atoms with Crippen molar-refractivity contribution in [2.24, 2.45) is 5.41 Å². The molecule has 3 aromatic rings. The van der Waals surface area contributed by atoms with E-state index in [-0.39, 0.29) is 61.5 Å². The molecule has 9 amide bonds. The molecule has 1 aliphatic heterocycles. The van der Waals surface area contributed by atoms with E-state index in [0.717, 1.165) is 33.5 Å². The van der Waals surface area contributed by atoms with Gasteiger partial charge in [0.05, 0.1) is 6.54 Å². The summed E-state index contributed by atoms with van der Waals surface area (Å²) in [5.41, 5.74) is 2.78.